The van der Waals surface area contributed by atoms with Crippen LogP contribution < -0.4 is 15.9 Å². The molecule has 0 spiro atoms. The van der Waals surface area contributed by atoms with Crippen molar-refractivity contribution in [3.8, 4) is 11.8 Å². The molecule has 0 aliphatic heterocycles. The van der Waals surface area contributed by atoms with Crippen molar-refractivity contribution in [3.63, 3.8) is 0 Å². The fraction of sp³-hybridized carbons (Fsp3) is 0.435. The van der Waals surface area contributed by atoms with Crippen LogP contribution in [0.15, 0.2) is 46.0 Å². The molecule has 8 nitrogen and oxygen atoms in total. The van der Waals surface area contributed by atoms with Gasteiger partial charge >= 0.3 is 0 Å². The number of halogens is 4. The second-order valence-electron chi connectivity index (χ2n) is 8.02. The molecule has 0 aliphatic rings. The first kappa shape index (κ1) is 27.5. The van der Waals surface area contributed by atoms with Crippen LogP contribution in [0.2, 0.25) is 0 Å². The minimum absolute atomic E-state index is 0.0238. The zero-order chi connectivity index (χ0) is 26.4. The maximum absolute atomic E-state index is 14.3. The Labute approximate surface area is 198 Å². The summed E-state index contributed by atoms with van der Waals surface area (Å²) in [5, 5.41) is 14.3. The molecule has 2 aromatic rings. The summed E-state index contributed by atoms with van der Waals surface area (Å²) in [7, 11) is 0. The number of nitriles is 1. The molecular weight excluding hydrogens is 470 g/mol. The van der Waals surface area contributed by atoms with Gasteiger partial charge in [-0.15, -0.1) is 0 Å². The summed E-state index contributed by atoms with van der Waals surface area (Å²) in [6.07, 6.45) is 6.69. The highest BCUT2D eigenvalue weighted by Crippen LogP contribution is 2.31. The highest BCUT2D eigenvalue weighted by atomic mass is 19.3. The largest absolute Gasteiger partial charge is 0.450 e. The number of hydrogen-bond donors (Lipinski definition) is 1. The lowest BCUT2D eigenvalue weighted by Gasteiger charge is -2.17. The minimum Gasteiger partial charge on any atom is -0.450 e. The molecule has 0 bridgehead atoms. The Kier molecular flexibility index (Phi) is 8.73. The monoisotopic (exact) mass is 495 g/mol. The molecule has 2 aromatic heterocycles. The number of aromatic nitrogens is 4. The van der Waals surface area contributed by atoms with Gasteiger partial charge in [-0.3, -0.25) is 14.2 Å². The number of unbranched alkanes of at least 4 members (excludes halogenated alkanes) is 1. The van der Waals surface area contributed by atoms with Crippen molar-refractivity contribution in [2.75, 3.05) is 0 Å². The Morgan fingerprint density at radius 2 is 1.97 bits per heavy atom. The fourth-order valence-electron chi connectivity index (χ4n) is 2.85. The highest BCUT2D eigenvalue weighted by molar-refractivity contribution is 5.32. The smallest absolute Gasteiger partial charge is 0.297 e. The van der Waals surface area contributed by atoms with Crippen LogP contribution in [0.4, 0.5) is 17.6 Å². The van der Waals surface area contributed by atoms with Gasteiger partial charge in [0.25, 0.3) is 23.0 Å². The highest BCUT2D eigenvalue weighted by Gasteiger charge is 2.34. The van der Waals surface area contributed by atoms with Gasteiger partial charge in [-0.25, -0.2) is 10.1 Å². The minimum atomic E-state index is -3.57. The van der Waals surface area contributed by atoms with Gasteiger partial charge in [-0.2, -0.15) is 27.9 Å². The van der Waals surface area contributed by atoms with E-state index in [9.17, 15) is 27.2 Å². The van der Waals surface area contributed by atoms with Gasteiger partial charge in [0.1, 0.15) is 11.5 Å². The van der Waals surface area contributed by atoms with Gasteiger partial charge in [0, 0.05) is 19.4 Å². The van der Waals surface area contributed by atoms with Gasteiger partial charge < -0.3 is 4.74 Å². The van der Waals surface area contributed by atoms with Gasteiger partial charge in [0.05, 0.1) is 24.9 Å². The average molecular weight is 495 g/mol. The molecule has 1 N–H and O–H groups in total. The number of nitrogens with one attached hydrogen (secondary N) is 1. The number of H-pyrrole nitrogens is 1. The Hall–Kier alpha value is -3.75. The maximum atomic E-state index is 14.3. The molecule has 0 saturated carbocycles. The third-order valence-corrected chi connectivity index (χ3v) is 4.66. The Morgan fingerprint density at radius 1 is 1.29 bits per heavy atom. The lowest BCUT2D eigenvalue weighted by molar-refractivity contribution is 0.00951. The Balaban J connectivity index is 2.62. The van der Waals surface area contributed by atoms with E-state index in [0.717, 1.165) is 23.4 Å². The first-order chi connectivity index (χ1) is 16.3. The molecule has 0 radical (unpaired) electrons. The number of ether oxygens (including phenoxy) is 1. The van der Waals surface area contributed by atoms with Crippen LogP contribution in [0.1, 0.15) is 57.5 Å². The molecule has 0 amide bonds. The van der Waals surface area contributed by atoms with Crippen molar-refractivity contribution in [2.24, 2.45) is 5.92 Å². The van der Waals surface area contributed by atoms with Crippen molar-refractivity contribution in [3.05, 3.63) is 74.0 Å². The summed E-state index contributed by atoms with van der Waals surface area (Å²) < 4.78 is 62.1. The maximum Gasteiger partial charge on any atom is 0.297 e. The van der Waals surface area contributed by atoms with Gasteiger partial charge in [-0.1, -0.05) is 19.4 Å². The van der Waals surface area contributed by atoms with Crippen LogP contribution in [-0.4, -0.2) is 19.7 Å². The fourth-order valence-corrected chi connectivity index (χ4v) is 2.85. The van der Waals surface area contributed by atoms with Gasteiger partial charge in [-0.05, 0) is 31.6 Å². The van der Waals surface area contributed by atoms with Gasteiger partial charge in [0.2, 0.25) is 5.75 Å². The van der Waals surface area contributed by atoms with E-state index in [-0.39, 0.29) is 11.3 Å². The summed E-state index contributed by atoms with van der Waals surface area (Å²) in [5.41, 5.74) is -3.88. The predicted octanol–water partition coefficient (Wildman–Crippen LogP) is 4.38. The van der Waals surface area contributed by atoms with Crippen LogP contribution >= 0.6 is 0 Å². The van der Waals surface area contributed by atoms with E-state index in [0.29, 0.717) is 20.3 Å². The molecular formula is C23H25F4N5O3. The number of rotatable bonds is 10. The molecule has 0 fully saturated rings. The van der Waals surface area contributed by atoms with E-state index in [2.05, 4.69) is 10.1 Å². The topological polar surface area (TPSA) is 114 Å². The average Bonchev–Trinajstić information content (AvgIpc) is 2.76. The SMILES string of the molecule is CCC/C=C/C(=C\C(C)C#N)Oc1c(C(C)(F)F)ncn(Cc2cc(C(C)(F)F)n[nH]c2=O)c1=O. The van der Waals surface area contributed by atoms with Crippen LogP contribution in [0.5, 0.6) is 5.75 Å². The van der Waals surface area contributed by atoms with E-state index >= 15 is 0 Å². The molecule has 2 rings (SSSR count). The third kappa shape index (κ3) is 7.37. The second kappa shape index (κ2) is 11.1. The van der Waals surface area contributed by atoms with Crippen LogP contribution in [-0.2, 0) is 18.4 Å². The number of alkyl halides is 4. The summed E-state index contributed by atoms with van der Waals surface area (Å²) >= 11 is 0. The van der Waals surface area contributed by atoms with E-state index in [1.807, 2.05) is 18.1 Å². The molecule has 1 unspecified atom stereocenters. The number of allylic oxidation sites excluding steroid dienone is 3. The summed E-state index contributed by atoms with van der Waals surface area (Å²) in [4.78, 5) is 28.9. The predicted molar refractivity (Wildman–Crippen MR) is 119 cm³/mol. The van der Waals surface area contributed by atoms with Crippen molar-refractivity contribution in [2.45, 2.75) is 58.9 Å². The summed E-state index contributed by atoms with van der Waals surface area (Å²) in [6.45, 7) is 4.02. The first-order valence-corrected chi connectivity index (χ1v) is 10.7. The molecule has 2 heterocycles. The molecule has 35 heavy (non-hydrogen) atoms. The molecule has 1 atom stereocenters. The van der Waals surface area contributed by atoms with E-state index in [4.69, 9.17) is 10.00 Å². The number of hydrogen-bond acceptors (Lipinski definition) is 6. The number of aromatic amines is 1. The lowest BCUT2D eigenvalue weighted by atomic mass is 10.1. The molecule has 0 aromatic carbocycles. The summed E-state index contributed by atoms with van der Waals surface area (Å²) in [6, 6.07) is 2.78. The van der Waals surface area contributed by atoms with Crippen LogP contribution in [0, 0.1) is 17.2 Å². The first-order valence-electron chi connectivity index (χ1n) is 10.7. The summed E-state index contributed by atoms with van der Waals surface area (Å²) in [5.74, 6) is -8.44. The van der Waals surface area contributed by atoms with E-state index in [1.165, 1.54) is 12.2 Å². The van der Waals surface area contributed by atoms with Gasteiger partial charge in [0.15, 0.2) is 5.69 Å². The lowest BCUT2D eigenvalue weighted by Crippen LogP contribution is -2.30. The van der Waals surface area contributed by atoms with Crippen molar-refractivity contribution < 1.29 is 22.3 Å². The quantitative estimate of drug-likeness (QED) is 0.297. The van der Waals surface area contributed by atoms with Crippen molar-refractivity contribution in [1.29, 1.82) is 5.26 Å². The Bertz CT molecular complexity index is 1260. The molecule has 12 heteroatoms. The van der Waals surface area contributed by atoms with Crippen molar-refractivity contribution >= 4 is 0 Å². The normalized spacial score (nSPS) is 13.6. The zero-order valence-corrected chi connectivity index (χ0v) is 19.6. The van der Waals surface area contributed by atoms with E-state index in [1.54, 1.807) is 13.0 Å². The van der Waals surface area contributed by atoms with E-state index < -0.39 is 52.6 Å². The van der Waals surface area contributed by atoms with Crippen molar-refractivity contribution in [1.82, 2.24) is 19.7 Å². The van der Waals surface area contributed by atoms with Crippen LogP contribution in [0.25, 0.3) is 0 Å². The molecule has 0 aliphatic carbocycles. The standard InChI is InChI=1S/C23H25F4N5O3/c1-5-6-7-8-16(9-14(2)11-28)35-18-19(23(4,26)27)29-13-32(21(18)34)12-15-10-17(22(3,24)25)30-31-20(15)33/h7-10,13-14H,5-6,12H2,1-4H3,(H,31,33)/b8-7+,16-9+. The molecule has 188 valence electrons. The second-order valence-corrected chi connectivity index (χ2v) is 8.02. The molecule has 0 saturated heterocycles. The number of nitrogens with zero attached hydrogens (tertiary/aromatic N) is 4. The Morgan fingerprint density at radius 3 is 2.54 bits per heavy atom. The zero-order valence-electron chi connectivity index (χ0n) is 19.6. The third-order valence-electron chi connectivity index (χ3n) is 4.66. The van der Waals surface area contributed by atoms with Crippen LogP contribution in [0.3, 0.4) is 0 Å².